The molecule has 9 heteroatoms. The maximum atomic E-state index is 11.9. The van der Waals surface area contributed by atoms with Crippen LogP contribution in [0.5, 0.6) is 0 Å². The molecule has 2 N–H and O–H groups in total. The molecule has 1 aromatic heterocycles. The molecule has 4 atom stereocenters. The highest BCUT2D eigenvalue weighted by atomic mass is 32.2. The van der Waals surface area contributed by atoms with Crippen LogP contribution >= 0.6 is 11.8 Å². The number of benzene rings is 3. The summed E-state index contributed by atoms with van der Waals surface area (Å²) >= 11 is 1.67. The third-order valence-electron chi connectivity index (χ3n) is 7.47. The number of carbonyl (C=O) groups is 1. The molecule has 0 spiro atoms. The van der Waals surface area contributed by atoms with Crippen LogP contribution in [0.15, 0.2) is 103 Å². The molecule has 3 aromatic carbocycles. The fourth-order valence-corrected chi connectivity index (χ4v) is 6.14. The van der Waals surface area contributed by atoms with Gasteiger partial charge < -0.3 is 29.2 Å². The Kier molecular flexibility index (Phi) is 10.3. The smallest absolute Gasteiger partial charge is 0.407 e. The number of imidazole rings is 1. The summed E-state index contributed by atoms with van der Waals surface area (Å²) in [4.78, 5) is 16.3. The predicted octanol–water partition coefficient (Wildman–Crippen LogP) is 6.58. The van der Waals surface area contributed by atoms with Gasteiger partial charge in [-0.1, -0.05) is 92.0 Å². The third-order valence-corrected chi connectivity index (χ3v) is 8.61. The van der Waals surface area contributed by atoms with Crippen LogP contribution in [-0.4, -0.2) is 39.2 Å². The number of rotatable bonds is 11. The molecule has 1 amide bonds. The molecule has 0 radical (unpaired) electrons. The zero-order valence-electron chi connectivity index (χ0n) is 24.4. The van der Waals surface area contributed by atoms with Gasteiger partial charge in [0.25, 0.3) is 0 Å². The van der Waals surface area contributed by atoms with E-state index in [2.05, 4.69) is 42.0 Å². The van der Waals surface area contributed by atoms with Gasteiger partial charge in [0.1, 0.15) is 6.61 Å². The average Bonchev–Trinajstić information content (AvgIpc) is 3.46. The van der Waals surface area contributed by atoms with E-state index < -0.39 is 12.4 Å². The van der Waals surface area contributed by atoms with Crippen molar-refractivity contribution in [3.8, 4) is 11.1 Å². The first-order valence-corrected chi connectivity index (χ1v) is 15.2. The molecule has 1 aliphatic heterocycles. The van der Waals surface area contributed by atoms with Crippen LogP contribution < -0.4 is 5.32 Å². The summed E-state index contributed by atoms with van der Waals surface area (Å²) < 4.78 is 20.3. The minimum absolute atomic E-state index is 0.000521. The first-order chi connectivity index (χ1) is 20.9. The Labute approximate surface area is 256 Å². The molecule has 8 nitrogen and oxygen atoms in total. The molecule has 43 heavy (non-hydrogen) atoms. The Morgan fingerprint density at radius 1 is 1.07 bits per heavy atom. The van der Waals surface area contributed by atoms with Crippen LogP contribution in [0.25, 0.3) is 11.1 Å². The van der Waals surface area contributed by atoms with Gasteiger partial charge in [-0.05, 0) is 39.9 Å². The fourth-order valence-electron chi connectivity index (χ4n) is 5.04. The van der Waals surface area contributed by atoms with Gasteiger partial charge in [-0.25, -0.2) is 9.78 Å². The van der Waals surface area contributed by atoms with Crippen LogP contribution in [0.3, 0.4) is 0 Å². The highest BCUT2D eigenvalue weighted by Crippen LogP contribution is 2.43. The summed E-state index contributed by atoms with van der Waals surface area (Å²) in [5.74, 6) is 0.802. The molecular formula is C34H37N3O5S. The first-order valence-electron chi connectivity index (χ1n) is 14.3. The van der Waals surface area contributed by atoms with Gasteiger partial charge >= 0.3 is 6.09 Å². The molecule has 5 rings (SSSR count). The summed E-state index contributed by atoms with van der Waals surface area (Å²) in [6.07, 6.45) is 3.93. The number of ether oxygens (including phenoxy) is 3. The van der Waals surface area contributed by atoms with Crippen LogP contribution in [0.1, 0.15) is 41.6 Å². The van der Waals surface area contributed by atoms with Crippen molar-refractivity contribution in [1.29, 1.82) is 0 Å². The Balaban J connectivity index is 1.37. The van der Waals surface area contributed by atoms with E-state index in [0.29, 0.717) is 6.54 Å². The number of hydrogen-bond donors (Lipinski definition) is 2. The van der Waals surface area contributed by atoms with E-state index in [1.165, 1.54) is 6.08 Å². The SMILES string of the molecule is C=CCOC(=O)NCc1cccc(-c2cccc(C3OC(CSc4nccn4C)C(C)C(c4ccc(CO)cc4)O3)c2)c1. The summed E-state index contributed by atoms with van der Waals surface area (Å²) in [6, 6.07) is 24.2. The molecule has 0 saturated carbocycles. The van der Waals surface area contributed by atoms with Crippen LogP contribution in [-0.2, 0) is 34.4 Å². The van der Waals surface area contributed by atoms with Gasteiger partial charge in [0.2, 0.25) is 0 Å². The highest BCUT2D eigenvalue weighted by Gasteiger charge is 2.38. The average molecular weight is 600 g/mol. The fraction of sp³-hybridized carbons (Fsp3) is 0.294. The predicted molar refractivity (Wildman–Crippen MR) is 167 cm³/mol. The van der Waals surface area contributed by atoms with Gasteiger partial charge in [-0.15, -0.1) is 0 Å². The second-order valence-corrected chi connectivity index (χ2v) is 11.5. The Morgan fingerprint density at radius 2 is 1.84 bits per heavy atom. The van der Waals surface area contributed by atoms with E-state index in [-0.39, 0.29) is 31.3 Å². The number of aromatic nitrogens is 2. The minimum Gasteiger partial charge on any atom is -0.445 e. The van der Waals surface area contributed by atoms with E-state index in [1.807, 2.05) is 72.4 Å². The second kappa shape index (κ2) is 14.5. The minimum atomic E-state index is -0.574. The van der Waals surface area contributed by atoms with Crippen molar-refractivity contribution in [3.63, 3.8) is 0 Å². The largest absolute Gasteiger partial charge is 0.445 e. The van der Waals surface area contributed by atoms with E-state index in [4.69, 9.17) is 14.2 Å². The van der Waals surface area contributed by atoms with Crippen LogP contribution in [0.2, 0.25) is 0 Å². The van der Waals surface area contributed by atoms with Gasteiger partial charge in [-0.2, -0.15) is 0 Å². The lowest BCUT2D eigenvalue weighted by Gasteiger charge is -2.41. The standard InChI is InChI=1S/C34H37N3O5S/c1-4-17-40-34(39)36-20-25-7-5-8-27(18-25)28-9-6-10-29(19-28)32-41-30(22-43-33-35-15-16-37(33)3)23(2)31(42-32)26-13-11-24(21-38)12-14-26/h4-16,18-19,23,30-32,38H,1,17,20-22H2,2-3H3,(H,36,39). The normalized spacial score (nSPS) is 20.0. The number of thioether (sulfide) groups is 1. The second-order valence-electron chi connectivity index (χ2n) is 10.5. The lowest BCUT2D eigenvalue weighted by molar-refractivity contribution is -0.268. The van der Waals surface area contributed by atoms with Crippen molar-refractivity contribution in [3.05, 3.63) is 120 Å². The van der Waals surface area contributed by atoms with E-state index in [1.54, 1.807) is 18.0 Å². The van der Waals surface area contributed by atoms with Gasteiger partial charge in [0.15, 0.2) is 11.4 Å². The lowest BCUT2D eigenvalue weighted by Crippen LogP contribution is -2.38. The summed E-state index contributed by atoms with van der Waals surface area (Å²) in [7, 11) is 1.99. The van der Waals surface area contributed by atoms with E-state index >= 15 is 0 Å². The maximum absolute atomic E-state index is 11.9. The van der Waals surface area contributed by atoms with Crippen molar-refractivity contribution in [2.75, 3.05) is 12.4 Å². The molecule has 4 aromatic rings. The molecule has 0 bridgehead atoms. The number of hydrogen-bond acceptors (Lipinski definition) is 7. The topological polar surface area (TPSA) is 94.8 Å². The molecule has 2 heterocycles. The van der Waals surface area contributed by atoms with Gasteiger partial charge in [0, 0.05) is 43.2 Å². The monoisotopic (exact) mass is 599 g/mol. The molecule has 1 fully saturated rings. The number of nitrogens with zero attached hydrogens (tertiary/aromatic N) is 2. The van der Waals surface area contributed by atoms with E-state index in [0.717, 1.165) is 44.3 Å². The van der Waals surface area contributed by atoms with Gasteiger partial charge in [-0.3, -0.25) is 0 Å². The summed E-state index contributed by atoms with van der Waals surface area (Å²) in [5.41, 5.74) is 5.82. The molecular weight excluding hydrogens is 562 g/mol. The number of carbonyl (C=O) groups excluding carboxylic acids is 1. The Morgan fingerprint density at radius 3 is 2.56 bits per heavy atom. The molecule has 1 aliphatic rings. The zero-order chi connectivity index (χ0) is 30.2. The molecule has 4 unspecified atom stereocenters. The van der Waals surface area contributed by atoms with Crippen molar-refractivity contribution < 1.29 is 24.1 Å². The zero-order valence-corrected chi connectivity index (χ0v) is 25.2. The number of aliphatic hydroxyl groups excluding tert-OH is 1. The van der Waals surface area contributed by atoms with E-state index in [9.17, 15) is 9.90 Å². The number of alkyl carbamates (subject to hydrolysis) is 1. The highest BCUT2D eigenvalue weighted by molar-refractivity contribution is 7.99. The van der Waals surface area contributed by atoms with Gasteiger partial charge in [0.05, 0.1) is 18.8 Å². The number of aryl methyl sites for hydroxylation is 1. The quantitative estimate of drug-likeness (QED) is 0.149. The Hall–Kier alpha value is -3.89. The molecule has 224 valence electrons. The third kappa shape index (κ3) is 7.74. The van der Waals surface area contributed by atoms with Crippen LogP contribution in [0, 0.1) is 5.92 Å². The number of nitrogens with one attached hydrogen (secondary N) is 1. The summed E-state index contributed by atoms with van der Waals surface area (Å²) in [6.45, 7) is 6.23. The summed E-state index contributed by atoms with van der Waals surface area (Å²) in [5, 5.41) is 13.2. The number of amides is 1. The van der Waals surface area contributed by atoms with Crippen molar-refractivity contribution >= 4 is 17.9 Å². The van der Waals surface area contributed by atoms with Crippen molar-refractivity contribution in [2.24, 2.45) is 13.0 Å². The van der Waals surface area contributed by atoms with Crippen molar-refractivity contribution in [2.45, 2.75) is 43.7 Å². The Bertz CT molecular complexity index is 1520. The van der Waals surface area contributed by atoms with Crippen LogP contribution in [0.4, 0.5) is 4.79 Å². The number of aliphatic hydroxyl groups is 1. The molecule has 1 saturated heterocycles. The van der Waals surface area contributed by atoms with Crippen molar-refractivity contribution in [1.82, 2.24) is 14.9 Å². The lowest BCUT2D eigenvalue weighted by atomic mass is 9.91. The maximum Gasteiger partial charge on any atom is 0.407 e. The first kappa shape index (κ1) is 30.6. The molecule has 0 aliphatic carbocycles.